The molecule has 6 aromatic rings. The molecular formula is C82H102BrF13MgO4. The number of phenolic OH excluding ortho intramolecular Hbond substituents is 1. The maximum atomic E-state index is 14.4. The minimum absolute atomic E-state index is 0. The van der Waals surface area contributed by atoms with Crippen molar-refractivity contribution in [2.45, 2.75) is 257 Å². The molecule has 2 N–H and O–H groups in total. The minimum atomic E-state index is -1.60. The Morgan fingerprint density at radius 2 is 0.723 bits per heavy atom. The first-order valence-corrected chi connectivity index (χ1v) is 36.3. The number of benzene rings is 6. The van der Waals surface area contributed by atoms with Crippen LogP contribution in [0.2, 0.25) is 0 Å². The van der Waals surface area contributed by atoms with Gasteiger partial charge in [-0.05, 0) is 251 Å². The third-order valence-electron chi connectivity index (χ3n) is 20.5. The molecule has 0 unspecified atom stereocenters. The molecule has 0 radical (unpaired) electrons. The predicted octanol–water partition coefficient (Wildman–Crippen LogP) is 21.9. The number of ether oxygens (including phenoxy) is 1. The summed E-state index contributed by atoms with van der Waals surface area (Å²) in [5, 5.41) is 19.6. The van der Waals surface area contributed by atoms with E-state index < -0.39 is 99.3 Å². The molecule has 0 heterocycles. The molecule has 6 aromatic carbocycles. The second-order valence-electron chi connectivity index (χ2n) is 28.1. The van der Waals surface area contributed by atoms with E-state index in [1.807, 2.05) is 0 Å². The summed E-state index contributed by atoms with van der Waals surface area (Å²) >= 11 is 0. The van der Waals surface area contributed by atoms with Crippen LogP contribution < -0.4 is 21.7 Å². The molecule has 0 spiro atoms. The zero-order valence-corrected chi connectivity index (χ0v) is 62.4. The molecule has 11 rings (SSSR count). The van der Waals surface area contributed by atoms with Crippen molar-refractivity contribution in [2.24, 2.45) is 29.6 Å². The standard InChI is InChI=1S/C22H23F5O.2C15H20F2O.C15H20F2.C9H16O.C6H3F2.BrH.Mg/c1-2-3-13-4-6-15(7-5-13)16-10-19(25)22(20(26)11-16)28-12-14-8-17(23)21(27)18(24)9-14;1-2-3-11-4-6-15(18,7-5-11)12-8-13(16)10-14(17)9-12;1-2-3-10-4-6-11(7-5-10)12-8-13(16)15(18)14(17)9-12;1-2-3-11-4-6-12(7-5-11)13-8-14(16)10-15(17)9-13;1-2-3-8-4-6-9(10)7-5-8;7-5-2-1-3-6(8)4-5;;/h8-11,13,15H,2-7,12H2,1H3;2*8-11,18H,2-7H2,1H3;8-12H,2-7H2,1H3;8H,2-7H2,1H3;2-4H;1H;/q;;;;;-1;;+2/p-1. The molecule has 5 fully saturated rings. The number of phenols is 1. The molecule has 0 atom stereocenters. The van der Waals surface area contributed by atoms with E-state index in [0.29, 0.717) is 53.1 Å². The average Bonchev–Trinajstić information content (AvgIpc) is 0.816. The number of carbonyl (C=O) groups excluding carboxylic acids is 1. The number of ketones is 1. The number of carbonyl (C=O) groups is 1. The molecule has 554 valence electrons. The largest absolute Gasteiger partial charge is 2.00 e. The summed E-state index contributed by atoms with van der Waals surface area (Å²) in [6.07, 6.45) is 32.1. The summed E-state index contributed by atoms with van der Waals surface area (Å²) in [6, 6.07) is 19.1. The minimum Gasteiger partial charge on any atom is -1.00 e. The van der Waals surface area contributed by atoms with Gasteiger partial charge in [-0.1, -0.05) is 98.8 Å². The van der Waals surface area contributed by atoms with Gasteiger partial charge in [0.15, 0.2) is 52.2 Å². The Balaban J connectivity index is 0.000000266. The van der Waals surface area contributed by atoms with E-state index in [4.69, 9.17) is 9.84 Å². The number of rotatable bonds is 17. The number of aliphatic hydroxyl groups is 1. The summed E-state index contributed by atoms with van der Waals surface area (Å²) in [5.74, 6) is -7.55. The van der Waals surface area contributed by atoms with E-state index >= 15 is 0 Å². The first kappa shape index (κ1) is 88.3. The van der Waals surface area contributed by atoms with Crippen LogP contribution in [0.25, 0.3) is 0 Å². The van der Waals surface area contributed by atoms with Gasteiger partial charge in [0.1, 0.15) is 35.7 Å². The van der Waals surface area contributed by atoms with Gasteiger partial charge in [0.2, 0.25) is 0 Å². The van der Waals surface area contributed by atoms with Crippen LogP contribution >= 0.6 is 0 Å². The number of hydrogen-bond acceptors (Lipinski definition) is 4. The number of Topliss-reactive ketones (excluding diaryl/α,β-unsaturated/α-hetero) is 1. The summed E-state index contributed by atoms with van der Waals surface area (Å²) in [6.45, 7) is 10.5. The van der Waals surface area contributed by atoms with Crippen molar-refractivity contribution < 1.29 is 93.8 Å². The monoisotopic (exact) mass is 1500 g/mol. The molecule has 0 aromatic heterocycles. The smallest absolute Gasteiger partial charge is 1.00 e. The molecule has 0 aliphatic heterocycles. The molecule has 19 heteroatoms. The van der Waals surface area contributed by atoms with Gasteiger partial charge in [-0.15, -0.1) is 18.2 Å². The van der Waals surface area contributed by atoms with E-state index in [1.165, 1.54) is 113 Å². The van der Waals surface area contributed by atoms with Crippen molar-refractivity contribution in [1.82, 2.24) is 0 Å². The maximum Gasteiger partial charge on any atom is 2.00 e. The van der Waals surface area contributed by atoms with Crippen molar-refractivity contribution in [3.8, 4) is 11.5 Å². The van der Waals surface area contributed by atoms with Crippen LogP contribution in [0.15, 0.2) is 91.0 Å². The van der Waals surface area contributed by atoms with Crippen molar-refractivity contribution in [3.63, 3.8) is 0 Å². The first-order chi connectivity index (χ1) is 47.3. The maximum absolute atomic E-state index is 14.4. The summed E-state index contributed by atoms with van der Waals surface area (Å²) < 4.78 is 176. The molecule has 4 nitrogen and oxygen atoms in total. The van der Waals surface area contributed by atoms with Gasteiger partial charge in [0.05, 0.1) is 5.60 Å². The van der Waals surface area contributed by atoms with Crippen molar-refractivity contribution in [2.75, 3.05) is 0 Å². The first-order valence-electron chi connectivity index (χ1n) is 36.3. The SMILES string of the molecule is CCCC1CCC(=O)CC1.CCCC1CCC(O)(c2cc(F)cc(F)c2)CC1.CCCC1CCC(c2cc(F)c(O)c(F)c2)CC1.CCCC1CCC(c2cc(F)c(OCc3cc(F)c(F)c(F)c3)c(F)c2)CC1.CCCC1CCC(c2cc(F)cc(F)c2)CC1.Fc1c[c-]cc(F)c1.[Br-].[Mg+2]. The number of hydrogen-bond donors (Lipinski definition) is 2. The van der Waals surface area contributed by atoms with Crippen LogP contribution in [0, 0.1) is 111 Å². The Morgan fingerprint density at radius 1 is 0.406 bits per heavy atom. The number of halogens is 14. The molecule has 0 saturated heterocycles. The van der Waals surface area contributed by atoms with E-state index in [0.717, 1.165) is 181 Å². The van der Waals surface area contributed by atoms with Crippen LogP contribution in [0.1, 0.15) is 273 Å². The van der Waals surface area contributed by atoms with Crippen molar-refractivity contribution in [3.05, 3.63) is 201 Å². The number of aromatic hydroxyl groups is 1. The fourth-order valence-corrected chi connectivity index (χ4v) is 15.1. The summed E-state index contributed by atoms with van der Waals surface area (Å²) in [5.41, 5.74) is 1.42. The van der Waals surface area contributed by atoms with Crippen LogP contribution in [-0.2, 0) is 17.0 Å². The fraction of sp³-hybridized carbons (Fsp3) is 0.549. The third kappa shape index (κ3) is 29.4. The van der Waals surface area contributed by atoms with Gasteiger partial charge < -0.3 is 31.9 Å². The quantitative estimate of drug-likeness (QED) is 0.0413. The molecular weight excluding hydrogens is 1400 g/mol. The summed E-state index contributed by atoms with van der Waals surface area (Å²) in [7, 11) is 0. The van der Waals surface area contributed by atoms with E-state index in [-0.39, 0.29) is 57.4 Å². The van der Waals surface area contributed by atoms with Gasteiger partial charge in [0.25, 0.3) is 0 Å². The zero-order valence-electron chi connectivity index (χ0n) is 59.4. The molecule has 0 bridgehead atoms. The van der Waals surface area contributed by atoms with Crippen LogP contribution in [0.3, 0.4) is 0 Å². The molecule has 5 aliphatic rings. The molecule has 5 aliphatic carbocycles. The Hall–Kier alpha value is -5.11. The van der Waals surface area contributed by atoms with Gasteiger partial charge in [-0.2, -0.15) is 6.07 Å². The molecule has 5 saturated carbocycles. The molecule has 0 amide bonds. The van der Waals surface area contributed by atoms with E-state index in [1.54, 1.807) is 0 Å². The van der Waals surface area contributed by atoms with Gasteiger partial charge in [0, 0.05) is 36.6 Å². The normalized spacial score (nSPS) is 21.9. The fourth-order valence-electron chi connectivity index (χ4n) is 15.1. The molecule has 101 heavy (non-hydrogen) atoms. The summed E-state index contributed by atoms with van der Waals surface area (Å²) in [4.78, 5) is 10.8. The van der Waals surface area contributed by atoms with Crippen molar-refractivity contribution in [1.29, 1.82) is 0 Å². The van der Waals surface area contributed by atoms with Crippen molar-refractivity contribution >= 4 is 28.8 Å². The second-order valence-corrected chi connectivity index (χ2v) is 28.1. The topological polar surface area (TPSA) is 66.8 Å². The Bertz CT molecular complexity index is 3280. The zero-order chi connectivity index (χ0) is 72.2. The van der Waals surface area contributed by atoms with Crippen LogP contribution in [0.5, 0.6) is 11.5 Å². The van der Waals surface area contributed by atoms with Crippen LogP contribution in [0.4, 0.5) is 57.1 Å². The van der Waals surface area contributed by atoms with Gasteiger partial charge in [-0.25, -0.2) is 48.3 Å². The Kier molecular flexibility index (Phi) is 39.6. The second kappa shape index (κ2) is 45.3. The van der Waals surface area contributed by atoms with Gasteiger partial charge in [-0.3, -0.25) is 13.6 Å². The van der Waals surface area contributed by atoms with E-state index in [2.05, 4.69) is 40.7 Å². The third-order valence-corrected chi connectivity index (χ3v) is 20.5. The van der Waals surface area contributed by atoms with E-state index in [9.17, 15) is 67.0 Å². The predicted molar refractivity (Wildman–Crippen MR) is 370 cm³/mol. The Labute approximate surface area is 617 Å². The van der Waals surface area contributed by atoms with Gasteiger partial charge >= 0.3 is 23.1 Å². The average molecular weight is 1500 g/mol. The van der Waals surface area contributed by atoms with Crippen LogP contribution in [-0.4, -0.2) is 39.0 Å². The Morgan fingerprint density at radius 3 is 1.07 bits per heavy atom.